The number of fused-ring (bicyclic) bond motifs is 2. The number of nitrogens with zero attached hydrogens (tertiary/aromatic N) is 3. The van der Waals surface area contributed by atoms with Gasteiger partial charge in [-0.25, -0.2) is 18.2 Å². The van der Waals surface area contributed by atoms with Crippen molar-refractivity contribution >= 4 is 28.5 Å². The fraction of sp³-hybridized carbons (Fsp3) is 0.182. The normalized spacial score (nSPS) is 15.7. The molecule has 2 N–H and O–H groups in total. The topological polar surface area (TPSA) is 113 Å². The smallest absolute Gasteiger partial charge is 0.291 e. The lowest BCUT2D eigenvalue weighted by Gasteiger charge is -2.20. The summed E-state index contributed by atoms with van der Waals surface area (Å²) in [6, 6.07) is 5.20. The molecular weight excluding hydrogens is 455 g/mol. The van der Waals surface area contributed by atoms with Crippen LogP contribution in [0, 0.1) is 17.5 Å². The molecule has 34 heavy (non-hydrogen) atoms. The molecule has 0 spiro atoms. The number of carbonyl (C=O) groups excluding carboxylic acids is 2. The lowest BCUT2D eigenvalue weighted by molar-refractivity contribution is -0.120. The Kier molecular flexibility index (Phi) is 5.19. The first-order valence-corrected chi connectivity index (χ1v) is 10.1. The molecule has 12 heteroatoms. The van der Waals surface area contributed by atoms with Gasteiger partial charge in [0.25, 0.3) is 11.8 Å². The number of furan rings is 1. The molecule has 2 amide bonds. The van der Waals surface area contributed by atoms with E-state index in [1.54, 1.807) is 25.2 Å². The van der Waals surface area contributed by atoms with E-state index >= 15 is 0 Å². The quantitative estimate of drug-likeness (QED) is 0.473. The van der Waals surface area contributed by atoms with Crippen LogP contribution < -0.4 is 15.0 Å². The average molecular weight is 471 g/mol. The number of likely N-dealkylation sites (N-methyl/N-ethyl adjacent to an activating group) is 1. The van der Waals surface area contributed by atoms with Gasteiger partial charge in [-0.1, -0.05) is 0 Å². The second-order valence-electron chi connectivity index (χ2n) is 7.64. The summed E-state index contributed by atoms with van der Waals surface area (Å²) in [5, 5.41) is 9.46. The summed E-state index contributed by atoms with van der Waals surface area (Å²) in [5.41, 5.74) is 0.672. The predicted octanol–water partition coefficient (Wildman–Crippen LogP) is 2.71. The van der Waals surface area contributed by atoms with Gasteiger partial charge in [0.2, 0.25) is 5.82 Å². The number of H-pyrrole nitrogens is 1. The van der Waals surface area contributed by atoms with Crippen molar-refractivity contribution in [2.75, 3.05) is 18.6 Å². The highest BCUT2D eigenvalue weighted by molar-refractivity contribution is 6.03. The molecule has 1 aliphatic heterocycles. The van der Waals surface area contributed by atoms with Gasteiger partial charge < -0.3 is 19.4 Å². The number of nitrogens with one attached hydrogen (secondary N) is 2. The number of hydrogen-bond acceptors (Lipinski definition) is 6. The van der Waals surface area contributed by atoms with Crippen LogP contribution in [0.4, 0.5) is 18.9 Å². The zero-order valence-corrected chi connectivity index (χ0v) is 17.6. The van der Waals surface area contributed by atoms with Crippen LogP contribution >= 0.6 is 0 Å². The molecule has 0 saturated heterocycles. The van der Waals surface area contributed by atoms with Crippen molar-refractivity contribution in [2.24, 2.45) is 0 Å². The van der Waals surface area contributed by atoms with Crippen molar-refractivity contribution in [3.63, 3.8) is 0 Å². The number of carbonyl (C=O) groups is 2. The number of hydrogen-bond donors (Lipinski definition) is 2. The Hall–Kier alpha value is -4.35. The summed E-state index contributed by atoms with van der Waals surface area (Å²) >= 11 is 0. The van der Waals surface area contributed by atoms with Crippen LogP contribution in [0.1, 0.15) is 22.0 Å². The minimum Gasteiger partial charge on any atom is -0.489 e. The van der Waals surface area contributed by atoms with Crippen LogP contribution in [0.2, 0.25) is 0 Å². The van der Waals surface area contributed by atoms with Crippen LogP contribution in [0.5, 0.6) is 5.75 Å². The molecule has 2 aromatic heterocycles. The maximum atomic E-state index is 13.9. The summed E-state index contributed by atoms with van der Waals surface area (Å²) in [6.07, 6.45) is 1.14. The van der Waals surface area contributed by atoms with Crippen molar-refractivity contribution < 1.29 is 31.9 Å². The van der Waals surface area contributed by atoms with E-state index in [1.165, 1.54) is 11.2 Å². The van der Waals surface area contributed by atoms with E-state index in [0.29, 0.717) is 29.2 Å². The van der Waals surface area contributed by atoms with Gasteiger partial charge in [-0.15, -0.1) is 5.10 Å². The first-order chi connectivity index (χ1) is 16.3. The zero-order valence-electron chi connectivity index (χ0n) is 17.6. The molecule has 0 saturated carbocycles. The van der Waals surface area contributed by atoms with Gasteiger partial charge in [0.05, 0.1) is 12.0 Å². The van der Waals surface area contributed by atoms with Crippen LogP contribution in [0.15, 0.2) is 41.0 Å². The molecule has 0 fully saturated rings. The molecule has 4 aromatic rings. The number of aromatic nitrogens is 3. The van der Waals surface area contributed by atoms with E-state index in [1.807, 2.05) is 0 Å². The van der Waals surface area contributed by atoms with Crippen molar-refractivity contribution in [3.05, 3.63) is 71.3 Å². The number of benzene rings is 2. The van der Waals surface area contributed by atoms with Crippen LogP contribution in [-0.4, -0.2) is 46.7 Å². The standard InChI is InChI=1S/C22H16F3N5O4/c1-30-16-4-10-2-3-33-17(10)8-18(16)34-9-15(22(30)32)26-21(31)20-27-19(28-29-20)7-12-13(24)5-11(23)6-14(12)25/h2-6,8,15H,7,9H2,1H3,(H,26,31)(H,27,28,29)/t15-/m0/s1. The Bertz CT molecular complexity index is 1410. The van der Waals surface area contributed by atoms with Crippen LogP contribution in [0.3, 0.4) is 0 Å². The fourth-order valence-electron chi connectivity index (χ4n) is 3.66. The molecule has 0 unspecified atom stereocenters. The first kappa shape index (κ1) is 21.5. The first-order valence-electron chi connectivity index (χ1n) is 10.1. The molecule has 174 valence electrons. The lowest BCUT2D eigenvalue weighted by atomic mass is 10.1. The number of rotatable bonds is 4. The molecule has 3 heterocycles. The average Bonchev–Trinajstić information content (AvgIpc) is 3.44. The highest BCUT2D eigenvalue weighted by Crippen LogP contribution is 2.35. The van der Waals surface area contributed by atoms with Crippen molar-refractivity contribution in [3.8, 4) is 5.75 Å². The van der Waals surface area contributed by atoms with Gasteiger partial charge in [0.1, 0.15) is 47.3 Å². The van der Waals surface area contributed by atoms with Crippen LogP contribution in [-0.2, 0) is 11.2 Å². The van der Waals surface area contributed by atoms with Gasteiger partial charge in [-0.05, 0) is 12.1 Å². The lowest BCUT2D eigenvalue weighted by Crippen LogP contribution is -2.49. The van der Waals surface area contributed by atoms with E-state index in [-0.39, 0.29) is 24.7 Å². The third-order valence-corrected chi connectivity index (χ3v) is 5.42. The molecular formula is C22H16F3N5O4. The molecule has 9 nitrogen and oxygen atoms in total. The highest BCUT2D eigenvalue weighted by Gasteiger charge is 2.32. The Balaban J connectivity index is 1.31. The van der Waals surface area contributed by atoms with E-state index in [9.17, 15) is 22.8 Å². The number of anilines is 1. The molecule has 1 aliphatic rings. The molecule has 0 radical (unpaired) electrons. The number of aromatic amines is 1. The van der Waals surface area contributed by atoms with Gasteiger partial charge in [-0.3, -0.25) is 14.7 Å². The molecule has 0 aliphatic carbocycles. The number of ether oxygens (including phenoxy) is 1. The van der Waals surface area contributed by atoms with E-state index in [2.05, 4.69) is 20.5 Å². The van der Waals surface area contributed by atoms with E-state index < -0.39 is 40.9 Å². The predicted molar refractivity (Wildman–Crippen MR) is 112 cm³/mol. The summed E-state index contributed by atoms with van der Waals surface area (Å²) in [5.74, 6) is -4.39. The van der Waals surface area contributed by atoms with Gasteiger partial charge >= 0.3 is 0 Å². The number of amides is 2. The Labute approximate surface area is 189 Å². The Morgan fingerprint density at radius 2 is 2.00 bits per heavy atom. The largest absolute Gasteiger partial charge is 0.489 e. The minimum atomic E-state index is -1.09. The Morgan fingerprint density at radius 1 is 1.24 bits per heavy atom. The van der Waals surface area contributed by atoms with Gasteiger partial charge in [0, 0.05) is 42.6 Å². The van der Waals surface area contributed by atoms with E-state index in [0.717, 1.165) is 5.39 Å². The Morgan fingerprint density at radius 3 is 2.76 bits per heavy atom. The fourth-order valence-corrected chi connectivity index (χ4v) is 3.66. The molecule has 0 bridgehead atoms. The molecule has 1 atom stereocenters. The molecule has 5 rings (SSSR count). The third-order valence-electron chi connectivity index (χ3n) is 5.42. The van der Waals surface area contributed by atoms with Crippen molar-refractivity contribution in [1.82, 2.24) is 20.5 Å². The summed E-state index contributed by atoms with van der Waals surface area (Å²) < 4.78 is 52.0. The van der Waals surface area contributed by atoms with Crippen molar-refractivity contribution in [2.45, 2.75) is 12.5 Å². The van der Waals surface area contributed by atoms with Gasteiger partial charge in [0.15, 0.2) is 0 Å². The maximum Gasteiger partial charge on any atom is 0.291 e. The minimum absolute atomic E-state index is 0.0231. The third kappa shape index (κ3) is 3.83. The second kappa shape index (κ2) is 8.21. The van der Waals surface area contributed by atoms with E-state index in [4.69, 9.17) is 9.15 Å². The summed E-state index contributed by atoms with van der Waals surface area (Å²) in [4.78, 5) is 30.9. The zero-order chi connectivity index (χ0) is 24.0. The van der Waals surface area contributed by atoms with Crippen LogP contribution in [0.25, 0.3) is 11.0 Å². The van der Waals surface area contributed by atoms with Crippen molar-refractivity contribution in [1.29, 1.82) is 0 Å². The maximum absolute atomic E-state index is 13.9. The monoisotopic (exact) mass is 471 g/mol. The highest BCUT2D eigenvalue weighted by atomic mass is 19.1. The van der Waals surface area contributed by atoms with Gasteiger partial charge in [-0.2, -0.15) is 0 Å². The molecule has 2 aromatic carbocycles. The second-order valence-corrected chi connectivity index (χ2v) is 7.64. The SMILES string of the molecule is CN1C(=O)[C@@H](NC(=O)c2n[nH]c(Cc3c(F)cc(F)cc3F)n2)COc2cc3occc3cc21. The summed E-state index contributed by atoms with van der Waals surface area (Å²) in [7, 11) is 1.55. The number of halogens is 3. The summed E-state index contributed by atoms with van der Waals surface area (Å²) in [6.45, 7) is -0.155.